The fourth-order valence-corrected chi connectivity index (χ4v) is 0.723. The first-order valence-electron chi connectivity index (χ1n) is 3.64. The first-order chi connectivity index (χ1) is 4.83. The van der Waals surface area contributed by atoms with Crippen molar-refractivity contribution < 1.29 is 14.9 Å². The van der Waals surface area contributed by atoms with E-state index in [1.165, 1.54) is 0 Å². The Morgan fingerprint density at radius 3 is 1.64 bits per heavy atom. The molecule has 0 rings (SSSR count). The van der Waals surface area contributed by atoms with Gasteiger partial charge in [0.15, 0.2) is 0 Å². The van der Waals surface area contributed by atoms with Crippen LogP contribution in [0.2, 0.25) is 0 Å². The molecule has 3 heteroatoms. The Morgan fingerprint density at radius 1 is 1.36 bits per heavy atom. The van der Waals surface area contributed by atoms with Crippen molar-refractivity contribution >= 4 is 0 Å². The van der Waals surface area contributed by atoms with E-state index in [-0.39, 0.29) is 0 Å². The van der Waals surface area contributed by atoms with E-state index < -0.39 is 11.7 Å². The minimum atomic E-state index is -0.728. The average Bonchev–Trinajstić information content (AvgIpc) is 1.57. The molecule has 0 aromatic carbocycles. The van der Waals surface area contributed by atoms with Crippen LogP contribution in [0.15, 0.2) is 0 Å². The molecule has 0 aromatic rings. The van der Waals surface area contributed by atoms with Crippen molar-refractivity contribution in [3.63, 3.8) is 0 Å². The summed E-state index contributed by atoms with van der Waals surface area (Å²) in [7, 11) is 3.25. The maximum atomic E-state index is 9.03. The molecule has 0 bridgehead atoms. The van der Waals surface area contributed by atoms with E-state index in [4.69, 9.17) is 10.2 Å². The number of aliphatic hydroxyl groups is 2. The van der Waals surface area contributed by atoms with Crippen LogP contribution in [0.3, 0.4) is 0 Å². The minimum absolute atomic E-state index is 0.407. The second-order valence-corrected chi connectivity index (χ2v) is 3.27. The molecule has 0 saturated heterocycles. The van der Waals surface area contributed by atoms with Gasteiger partial charge in [0.2, 0.25) is 0 Å². The molecule has 0 heterocycles. The summed E-state index contributed by atoms with van der Waals surface area (Å²) < 4.78 is 4.25. The molecule has 3 nitrogen and oxygen atoms in total. The van der Waals surface area contributed by atoms with Crippen LogP contribution < -0.4 is 0 Å². The number of rotatable bonds is 2. The van der Waals surface area contributed by atoms with E-state index in [2.05, 4.69) is 4.74 Å². The van der Waals surface area contributed by atoms with Crippen molar-refractivity contribution in [1.82, 2.24) is 0 Å². The van der Waals surface area contributed by atoms with Crippen LogP contribution in [-0.4, -0.2) is 36.1 Å². The molecule has 0 aliphatic carbocycles. The van der Waals surface area contributed by atoms with E-state index in [0.29, 0.717) is 6.42 Å². The molecule has 0 aliphatic heterocycles. The molecule has 11 heavy (non-hydrogen) atoms. The lowest BCUT2D eigenvalue weighted by Crippen LogP contribution is -2.24. The highest BCUT2D eigenvalue weighted by atomic mass is 16.4. The van der Waals surface area contributed by atoms with Crippen LogP contribution in [0.5, 0.6) is 0 Å². The third-order valence-electron chi connectivity index (χ3n) is 0.795. The second kappa shape index (κ2) is 6.58. The van der Waals surface area contributed by atoms with Gasteiger partial charge in [0.05, 0.1) is 11.7 Å². The normalized spacial score (nSPS) is 13.4. The Balaban J connectivity index is 0. The van der Waals surface area contributed by atoms with Gasteiger partial charge >= 0.3 is 0 Å². The molecule has 0 aliphatic rings. The van der Waals surface area contributed by atoms with Gasteiger partial charge in [-0.05, 0) is 20.8 Å². The van der Waals surface area contributed by atoms with Crippen molar-refractivity contribution in [2.24, 2.45) is 0 Å². The molecular weight excluding hydrogens is 144 g/mol. The molecule has 0 amide bonds. The van der Waals surface area contributed by atoms with Gasteiger partial charge in [0.25, 0.3) is 0 Å². The van der Waals surface area contributed by atoms with Gasteiger partial charge in [0.1, 0.15) is 0 Å². The van der Waals surface area contributed by atoms with Crippen LogP contribution in [0.1, 0.15) is 27.2 Å². The van der Waals surface area contributed by atoms with Crippen LogP contribution in [0.4, 0.5) is 0 Å². The van der Waals surface area contributed by atoms with E-state index in [9.17, 15) is 0 Å². The van der Waals surface area contributed by atoms with Crippen LogP contribution in [-0.2, 0) is 4.74 Å². The fraction of sp³-hybridized carbons (Fsp3) is 1.00. The number of aliphatic hydroxyl groups excluding tert-OH is 1. The number of ether oxygens (including phenoxy) is 1. The van der Waals surface area contributed by atoms with Gasteiger partial charge in [-0.25, -0.2) is 0 Å². The molecule has 0 radical (unpaired) electrons. The molecule has 0 saturated carbocycles. The van der Waals surface area contributed by atoms with Gasteiger partial charge in [-0.3, -0.25) is 0 Å². The quantitative estimate of drug-likeness (QED) is 0.634. The number of methoxy groups -OCH3 is 1. The topological polar surface area (TPSA) is 49.7 Å². The second-order valence-electron chi connectivity index (χ2n) is 3.27. The van der Waals surface area contributed by atoms with E-state index in [1.54, 1.807) is 35.0 Å². The molecule has 0 fully saturated rings. The van der Waals surface area contributed by atoms with E-state index in [1.807, 2.05) is 0 Å². The van der Waals surface area contributed by atoms with Crippen molar-refractivity contribution in [1.29, 1.82) is 0 Å². The van der Waals surface area contributed by atoms with Gasteiger partial charge < -0.3 is 14.9 Å². The van der Waals surface area contributed by atoms with Crippen LogP contribution in [0, 0.1) is 0 Å². The Morgan fingerprint density at radius 2 is 1.64 bits per heavy atom. The molecular formula is C8H20O3. The largest absolute Gasteiger partial charge is 0.393 e. The van der Waals surface area contributed by atoms with Gasteiger partial charge in [0, 0.05) is 20.6 Å². The summed E-state index contributed by atoms with van der Waals surface area (Å²) in [5.74, 6) is 0. The van der Waals surface area contributed by atoms with Gasteiger partial charge in [-0.15, -0.1) is 0 Å². The predicted octanol–water partition coefficient (Wildman–Crippen LogP) is 0.791. The summed E-state index contributed by atoms with van der Waals surface area (Å²) in [6.07, 6.45) is 0.0301. The summed E-state index contributed by atoms with van der Waals surface area (Å²) in [5.41, 5.74) is -0.728. The van der Waals surface area contributed by atoms with Crippen LogP contribution in [0.25, 0.3) is 0 Å². The lowest BCUT2D eigenvalue weighted by molar-refractivity contribution is 0.0249. The molecule has 0 spiro atoms. The fourth-order valence-electron chi connectivity index (χ4n) is 0.723. The maximum absolute atomic E-state index is 9.03. The Kier molecular flexibility index (Phi) is 8.06. The average molecular weight is 164 g/mol. The van der Waals surface area contributed by atoms with Gasteiger partial charge in [-0.2, -0.15) is 0 Å². The lowest BCUT2D eigenvalue weighted by Gasteiger charge is -2.17. The van der Waals surface area contributed by atoms with Crippen molar-refractivity contribution in [3.05, 3.63) is 0 Å². The molecule has 70 valence electrons. The summed E-state index contributed by atoms with van der Waals surface area (Å²) in [4.78, 5) is 0. The third kappa shape index (κ3) is 25.8. The van der Waals surface area contributed by atoms with E-state index in [0.717, 1.165) is 0 Å². The maximum Gasteiger partial charge on any atom is 0.0616 e. The molecule has 0 aromatic heterocycles. The first-order valence-corrected chi connectivity index (χ1v) is 3.64. The van der Waals surface area contributed by atoms with Crippen molar-refractivity contribution in [3.8, 4) is 0 Å². The minimum Gasteiger partial charge on any atom is -0.393 e. The highest BCUT2D eigenvalue weighted by molar-refractivity contribution is 4.67. The molecule has 1 atom stereocenters. The molecule has 2 N–H and O–H groups in total. The highest BCUT2D eigenvalue weighted by Gasteiger charge is 2.14. The third-order valence-corrected chi connectivity index (χ3v) is 0.795. The Labute approximate surface area is 69.0 Å². The van der Waals surface area contributed by atoms with E-state index >= 15 is 0 Å². The Hall–Kier alpha value is -0.120. The van der Waals surface area contributed by atoms with Gasteiger partial charge in [-0.1, -0.05) is 0 Å². The summed E-state index contributed by atoms with van der Waals surface area (Å²) in [6, 6.07) is 0. The zero-order valence-corrected chi connectivity index (χ0v) is 8.09. The zero-order chi connectivity index (χ0) is 9.49. The predicted molar refractivity (Wildman–Crippen MR) is 45.5 cm³/mol. The monoisotopic (exact) mass is 164 g/mol. The number of hydrogen-bond acceptors (Lipinski definition) is 3. The first kappa shape index (κ1) is 13.5. The smallest absolute Gasteiger partial charge is 0.0616 e. The lowest BCUT2D eigenvalue weighted by atomic mass is 10.0. The zero-order valence-electron chi connectivity index (χ0n) is 8.09. The van der Waals surface area contributed by atoms with Crippen molar-refractivity contribution in [2.75, 3.05) is 14.2 Å². The molecule has 1 unspecified atom stereocenters. The standard InChI is InChI=1S/C6H14O2.C2H6O/c1-5(7)4-6(2,3)8;1-3-2/h5,7-8H,4H2,1-3H3;1-2H3. The Bertz CT molecular complexity index is 73.9. The van der Waals surface area contributed by atoms with Crippen LogP contribution >= 0.6 is 0 Å². The summed E-state index contributed by atoms with van der Waals surface area (Å²) >= 11 is 0. The highest BCUT2D eigenvalue weighted by Crippen LogP contribution is 2.09. The number of hydrogen-bond donors (Lipinski definition) is 2. The summed E-state index contributed by atoms with van der Waals surface area (Å²) in [5, 5.41) is 17.8. The summed E-state index contributed by atoms with van der Waals surface area (Å²) in [6.45, 7) is 5.03. The SMILES string of the molecule is CC(O)CC(C)(C)O.COC. The van der Waals surface area contributed by atoms with Crippen molar-refractivity contribution in [2.45, 2.75) is 38.9 Å².